The number of nitrogens with zero attached hydrogens (tertiary/aromatic N) is 4. The topological polar surface area (TPSA) is 96.6 Å². The molecule has 1 amide bonds. The molecule has 8 nitrogen and oxygen atoms in total. The Kier molecular flexibility index (Phi) is 7.66. The Morgan fingerprint density at radius 2 is 1.89 bits per heavy atom. The quantitative estimate of drug-likeness (QED) is 0.462. The number of rotatable bonds is 8. The summed E-state index contributed by atoms with van der Waals surface area (Å²) in [7, 11) is -3.66. The Morgan fingerprint density at radius 1 is 1.17 bits per heavy atom. The minimum Gasteiger partial charge on any atom is -0.337 e. The van der Waals surface area contributed by atoms with E-state index in [0.717, 1.165) is 17.5 Å². The van der Waals surface area contributed by atoms with Crippen molar-refractivity contribution < 1.29 is 17.7 Å². The van der Waals surface area contributed by atoms with Gasteiger partial charge in [0.1, 0.15) is 6.54 Å². The molecule has 0 saturated carbocycles. The van der Waals surface area contributed by atoms with Crippen molar-refractivity contribution in [2.45, 2.75) is 57.5 Å². The molecule has 0 aliphatic carbocycles. The Morgan fingerprint density at radius 3 is 2.57 bits per heavy atom. The summed E-state index contributed by atoms with van der Waals surface area (Å²) < 4.78 is 33.4. The summed E-state index contributed by atoms with van der Waals surface area (Å²) in [5.74, 6) is 0.333. The zero-order chi connectivity index (χ0) is 25.0. The molecule has 35 heavy (non-hydrogen) atoms. The minimum atomic E-state index is -3.66. The van der Waals surface area contributed by atoms with Crippen molar-refractivity contribution in [3.63, 3.8) is 0 Å². The molecule has 9 heteroatoms. The second-order valence-electron chi connectivity index (χ2n) is 9.12. The lowest BCUT2D eigenvalue weighted by molar-refractivity contribution is -0.140. The summed E-state index contributed by atoms with van der Waals surface area (Å²) in [4.78, 5) is 20.1. The molecule has 2 aromatic carbocycles. The molecule has 1 aliphatic rings. The molecule has 2 atom stereocenters. The van der Waals surface area contributed by atoms with Crippen LogP contribution in [0.15, 0.2) is 64.0 Å². The monoisotopic (exact) mass is 496 g/mol. The molecule has 1 aliphatic heterocycles. The third-order valence-electron chi connectivity index (χ3n) is 6.60. The fourth-order valence-electron chi connectivity index (χ4n) is 4.30. The van der Waals surface area contributed by atoms with E-state index in [1.807, 2.05) is 51.1 Å². The fraction of sp³-hybridized carbons (Fsp3) is 0.423. The van der Waals surface area contributed by atoms with E-state index >= 15 is 0 Å². The molecule has 4 rings (SSSR count). The summed E-state index contributed by atoms with van der Waals surface area (Å²) in [6.07, 6.45) is 2.03. The first-order valence-electron chi connectivity index (χ1n) is 12.0. The van der Waals surface area contributed by atoms with Crippen molar-refractivity contribution in [2.75, 3.05) is 13.1 Å². The molecule has 0 radical (unpaired) electrons. The van der Waals surface area contributed by atoms with Gasteiger partial charge in [0.05, 0.1) is 10.8 Å². The standard InChI is InChI=1S/C26H32N4O4S/c1-4-20(3)30(18-24-27-25(28-34-24)21-9-6-5-7-10-21)26(31)22-11-8-16-29(17-22)35(32,33)23-14-12-19(2)13-15-23/h5-7,9-10,12-15,20,22H,4,8,11,16-18H2,1-3H3/t20-,22+/m1/s1. The molecular weight excluding hydrogens is 464 g/mol. The molecule has 1 aromatic heterocycles. The van der Waals surface area contributed by atoms with Crippen molar-refractivity contribution >= 4 is 15.9 Å². The number of benzene rings is 2. The lowest BCUT2D eigenvalue weighted by Gasteiger charge is -2.36. The third-order valence-corrected chi connectivity index (χ3v) is 8.48. The van der Waals surface area contributed by atoms with Gasteiger partial charge in [-0.05, 0) is 45.2 Å². The number of hydrogen-bond donors (Lipinski definition) is 0. The maximum absolute atomic E-state index is 13.6. The van der Waals surface area contributed by atoms with E-state index in [1.54, 1.807) is 29.2 Å². The summed E-state index contributed by atoms with van der Waals surface area (Å²) in [5, 5.41) is 4.07. The number of carbonyl (C=O) groups excluding carboxylic acids is 1. The minimum absolute atomic E-state index is 0.0568. The number of amides is 1. The molecule has 2 heterocycles. The first-order valence-corrected chi connectivity index (χ1v) is 13.5. The van der Waals surface area contributed by atoms with Gasteiger partial charge in [-0.1, -0.05) is 60.1 Å². The number of piperidine rings is 1. The van der Waals surface area contributed by atoms with Gasteiger partial charge in [0.2, 0.25) is 27.6 Å². The average Bonchev–Trinajstić information content (AvgIpc) is 3.36. The van der Waals surface area contributed by atoms with Gasteiger partial charge in [0.25, 0.3) is 0 Å². The van der Waals surface area contributed by atoms with E-state index in [0.29, 0.717) is 31.1 Å². The summed E-state index contributed by atoms with van der Waals surface area (Å²) >= 11 is 0. The van der Waals surface area contributed by atoms with Crippen LogP contribution in [0.3, 0.4) is 0 Å². The predicted molar refractivity (Wildman–Crippen MR) is 133 cm³/mol. The van der Waals surface area contributed by atoms with Gasteiger partial charge < -0.3 is 9.42 Å². The number of hydrogen-bond acceptors (Lipinski definition) is 6. The molecule has 1 fully saturated rings. The van der Waals surface area contributed by atoms with Crippen LogP contribution >= 0.6 is 0 Å². The van der Waals surface area contributed by atoms with Crippen LogP contribution in [0.5, 0.6) is 0 Å². The summed E-state index contributed by atoms with van der Waals surface area (Å²) in [5.41, 5.74) is 1.84. The van der Waals surface area contributed by atoms with Crippen molar-refractivity contribution in [1.29, 1.82) is 0 Å². The van der Waals surface area contributed by atoms with E-state index in [4.69, 9.17) is 4.52 Å². The molecule has 0 bridgehead atoms. The summed E-state index contributed by atoms with van der Waals surface area (Å²) in [6.45, 7) is 6.68. The molecule has 3 aromatic rings. The Hall–Kier alpha value is -3.04. The SMILES string of the molecule is CC[C@@H](C)N(Cc1nc(-c2ccccc2)no1)C(=O)[C@H]1CCCN(S(=O)(=O)c2ccc(C)cc2)C1. The fourth-order valence-corrected chi connectivity index (χ4v) is 5.82. The Balaban J connectivity index is 1.51. The smallest absolute Gasteiger partial charge is 0.246 e. The van der Waals surface area contributed by atoms with Crippen molar-refractivity contribution in [3.05, 3.63) is 66.1 Å². The van der Waals surface area contributed by atoms with Gasteiger partial charge in [-0.2, -0.15) is 9.29 Å². The van der Waals surface area contributed by atoms with E-state index in [9.17, 15) is 13.2 Å². The van der Waals surface area contributed by atoms with Crippen molar-refractivity contribution in [3.8, 4) is 11.4 Å². The van der Waals surface area contributed by atoms with Crippen LogP contribution in [0.4, 0.5) is 0 Å². The third kappa shape index (κ3) is 5.62. The van der Waals surface area contributed by atoms with E-state index in [2.05, 4.69) is 10.1 Å². The van der Waals surface area contributed by atoms with Crippen LogP contribution in [0.2, 0.25) is 0 Å². The normalized spacial score (nSPS) is 17.7. The van der Waals surface area contributed by atoms with E-state index in [-0.39, 0.29) is 29.9 Å². The first kappa shape index (κ1) is 25.1. The molecule has 186 valence electrons. The van der Waals surface area contributed by atoms with Gasteiger partial charge in [0, 0.05) is 24.7 Å². The highest BCUT2D eigenvalue weighted by molar-refractivity contribution is 7.89. The maximum atomic E-state index is 13.6. The van der Waals surface area contributed by atoms with Gasteiger partial charge in [0.15, 0.2) is 0 Å². The second kappa shape index (κ2) is 10.7. The van der Waals surface area contributed by atoms with Crippen LogP contribution < -0.4 is 0 Å². The van der Waals surface area contributed by atoms with Gasteiger partial charge >= 0.3 is 0 Å². The number of aromatic nitrogens is 2. The number of aryl methyl sites for hydroxylation is 1. The highest BCUT2D eigenvalue weighted by Crippen LogP contribution is 2.27. The maximum Gasteiger partial charge on any atom is 0.246 e. The first-order chi connectivity index (χ1) is 16.8. The zero-order valence-electron chi connectivity index (χ0n) is 20.4. The largest absolute Gasteiger partial charge is 0.337 e. The van der Waals surface area contributed by atoms with Crippen LogP contribution in [0.25, 0.3) is 11.4 Å². The number of sulfonamides is 1. The Bertz CT molecular complexity index is 1240. The molecular formula is C26H32N4O4S. The average molecular weight is 497 g/mol. The Labute approximate surface area is 207 Å². The predicted octanol–water partition coefficient (Wildman–Crippen LogP) is 4.27. The lowest BCUT2D eigenvalue weighted by atomic mass is 9.97. The van der Waals surface area contributed by atoms with Crippen LogP contribution in [-0.2, 0) is 21.4 Å². The zero-order valence-corrected chi connectivity index (χ0v) is 21.2. The summed E-state index contributed by atoms with van der Waals surface area (Å²) in [6, 6.07) is 16.3. The van der Waals surface area contributed by atoms with Crippen molar-refractivity contribution in [1.82, 2.24) is 19.3 Å². The van der Waals surface area contributed by atoms with Gasteiger partial charge in [-0.3, -0.25) is 4.79 Å². The second-order valence-corrected chi connectivity index (χ2v) is 11.1. The number of carbonyl (C=O) groups is 1. The van der Waals surface area contributed by atoms with E-state index in [1.165, 1.54) is 4.31 Å². The molecule has 0 spiro atoms. The lowest BCUT2D eigenvalue weighted by Crippen LogP contribution is -2.48. The van der Waals surface area contributed by atoms with Crippen LogP contribution in [0, 0.1) is 12.8 Å². The van der Waals surface area contributed by atoms with E-state index < -0.39 is 15.9 Å². The molecule has 0 N–H and O–H groups in total. The highest BCUT2D eigenvalue weighted by atomic mass is 32.2. The van der Waals surface area contributed by atoms with Crippen molar-refractivity contribution in [2.24, 2.45) is 5.92 Å². The molecule has 1 saturated heterocycles. The molecule has 0 unspecified atom stereocenters. The van der Waals surface area contributed by atoms with Gasteiger partial charge in [-0.15, -0.1) is 0 Å². The highest BCUT2D eigenvalue weighted by Gasteiger charge is 2.36. The van der Waals surface area contributed by atoms with Gasteiger partial charge in [-0.25, -0.2) is 8.42 Å². The van der Waals surface area contributed by atoms with Crippen LogP contribution in [-0.4, -0.2) is 52.8 Å². The van der Waals surface area contributed by atoms with Crippen LogP contribution in [0.1, 0.15) is 44.6 Å².